The minimum atomic E-state index is -4.95. The number of carboxylic acids is 1. The van der Waals surface area contributed by atoms with E-state index in [1.165, 1.54) is 0 Å². The smallest absolute Gasteiger partial charge is 0.360 e. The van der Waals surface area contributed by atoms with E-state index in [0.29, 0.717) is 0 Å². The topological polar surface area (TPSA) is 178 Å². The minimum Gasteiger partial charge on any atom is -0.477 e. The molecule has 0 fully saturated rings. The molecular weight excluding hydrogens is 288 g/mol. The molecule has 1 aromatic rings. The summed E-state index contributed by atoms with van der Waals surface area (Å²) in [6, 6.07) is 0.475. The molecule has 0 aliphatic rings. The molecule has 102 valence electrons. The average Bonchev–Trinajstić information content (AvgIpc) is 2.25. The van der Waals surface area contributed by atoms with Gasteiger partial charge >= 0.3 is 17.3 Å². The lowest BCUT2D eigenvalue weighted by Crippen LogP contribution is -2.09. The maximum absolute atomic E-state index is 10.8. The number of nitro benzene ring substituents is 2. The van der Waals surface area contributed by atoms with Gasteiger partial charge in [0.2, 0.25) is 0 Å². The largest absolute Gasteiger partial charge is 0.477 e. The molecule has 1 aromatic carbocycles. The molecule has 0 aromatic heterocycles. The standard InChI is InChI=1S/C7H4N2O9S/c10-7(11)4-1-3(19(16,17)18)2-5(8(12)13)6(4)9(14)15/h1-2H,(H,10,11)(H,16,17,18). The number of carbonyl (C=O) groups is 1. The number of carboxylic acid groups (broad SMARTS) is 1. The van der Waals surface area contributed by atoms with Crippen LogP contribution in [0.5, 0.6) is 0 Å². The van der Waals surface area contributed by atoms with E-state index in [1.54, 1.807) is 0 Å². The molecule has 0 unspecified atom stereocenters. The van der Waals surface area contributed by atoms with Crippen LogP contribution < -0.4 is 0 Å². The summed E-state index contributed by atoms with van der Waals surface area (Å²) < 4.78 is 30.4. The van der Waals surface area contributed by atoms with Crippen LogP contribution in [-0.4, -0.2) is 33.9 Å². The monoisotopic (exact) mass is 292 g/mol. The van der Waals surface area contributed by atoms with Gasteiger partial charge in [0.05, 0.1) is 9.85 Å². The van der Waals surface area contributed by atoms with Gasteiger partial charge in [0, 0.05) is 6.07 Å². The number of nitrogens with zero attached hydrogens (tertiary/aromatic N) is 2. The fraction of sp³-hybridized carbons (Fsp3) is 0. The molecule has 12 heteroatoms. The molecule has 0 heterocycles. The maximum Gasteiger partial charge on any atom is 0.360 e. The second-order valence-electron chi connectivity index (χ2n) is 3.13. The molecule has 0 aliphatic carbocycles. The summed E-state index contributed by atoms with van der Waals surface area (Å²) in [5.74, 6) is -1.94. The Morgan fingerprint density at radius 3 is 2.00 bits per heavy atom. The first-order chi connectivity index (χ1) is 8.55. The van der Waals surface area contributed by atoms with Crippen LogP contribution in [0.4, 0.5) is 11.4 Å². The van der Waals surface area contributed by atoms with Crippen molar-refractivity contribution >= 4 is 27.5 Å². The van der Waals surface area contributed by atoms with E-state index in [2.05, 4.69) is 0 Å². The van der Waals surface area contributed by atoms with Crippen molar-refractivity contribution < 1.29 is 32.7 Å². The molecule has 0 atom stereocenters. The van der Waals surface area contributed by atoms with Crippen LogP contribution in [0.2, 0.25) is 0 Å². The zero-order chi connectivity index (χ0) is 15.0. The first kappa shape index (κ1) is 14.5. The van der Waals surface area contributed by atoms with Crippen molar-refractivity contribution in [2.75, 3.05) is 0 Å². The van der Waals surface area contributed by atoms with Gasteiger partial charge in [-0.15, -0.1) is 0 Å². The van der Waals surface area contributed by atoms with Gasteiger partial charge in [-0.3, -0.25) is 24.8 Å². The maximum atomic E-state index is 10.8. The van der Waals surface area contributed by atoms with Crippen LogP contribution in [0.25, 0.3) is 0 Å². The Morgan fingerprint density at radius 1 is 1.16 bits per heavy atom. The van der Waals surface area contributed by atoms with Crippen molar-refractivity contribution in [1.82, 2.24) is 0 Å². The highest BCUT2D eigenvalue weighted by Gasteiger charge is 2.34. The first-order valence-corrected chi connectivity index (χ1v) is 5.67. The third-order valence-corrected chi connectivity index (χ3v) is 2.80. The Labute approximate surface area is 104 Å². The van der Waals surface area contributed by atoms with Crippen LogP contribution >= 0.6 is 0 Å². The van der Waals surface area contributed by atoms with Crippen molar-refractivity contribution in [3.05, 3.63) is 37.9 Å². The van der Waals surface area contributed by atoms with Crippen LogP contribution in [0, 0.1) is 20.2 Å². The molecule has 0 amide bonds. The molecule has 11 nitrogen and oxygen atoms in total. The van der Waals surface area contributed by atoms with Crippen molar-refractivity contribution in [3.8, 4) is 0 Å². The fourth-order valence-electron chi connectivity index (χ4n) is 1.24. The molecular formula is C7H4N2O9S. The Hall–Kier alpha value is -2.60. The predicted molar refractivity (Wildman–Crippen MR) is 56.5 cm³/mol. The summed E-state index contributed by atoms with van der Waals surface area (Å²) in [7, 11) is -4.95. The van der Waals surface area contributed by atoms with E-state index in [0.717, 1.165) is 0 Å². The molecule has 19 heavy (non-hydrogen) atoms. The lowest BCUT2D eigenvalue weighted by molar-refractivity contribution is -0.422. The molecule has 0 saturated carbocycles. The summed E-state index contributed by atoms with van der Waals surface area (Å²) in [6.45, 7) is 0. The summed E-state index contributed by atoms with van der Waals surface area (Å²) in [5.41, 5.74) is -3.94. The van der Waals surface area contributed by atoms with Gasteiger partial charge in [-0.1, -0.05) is 0 Å². The number of benzene rings is 1. The number of hydrogen-bond acceptors (Lipinski definition) is 7. The Bertz CT molecular complexity index is 658. The number of aromatic carboxylic acids is 1. The summed E-state index contributed by atoms with van der Waals surface area (Å²) in [6.07, 6.45) is 0. The highest BCUT2D eigenvalue weighted by molar-refractivity contribution is 7.85. The zero-order valence-corrected chi connectivity index (χ0v) is 9.53. The van der Waals surface area contributed by atoms with Gasteiger partial charge in [-0.25, -0.2) is 4.79 Å². The summed E-state index contributed by atoms with van der Waals surface area (Å²) in [4.78, 5) is 28.3. The van der Waals surface area contributed by atoms with E-state index < -0.39 is 47.8 Å². The SMILES string of the molecule is O=C(O)c1cc(S(=O)(=O)O)cc([N+](=O)[O-])c1[N+](=O)[O-]. The van der Waals surface area contributed by atoms with E-state index in [4.69, 9.17) is 9.66 Å². The molecule has 2 N–H and O–H groups in total. The second-order valence-corrected chi connectivity index (χ2v) is 4.55. The quantitative estimate of drug-likeness (QED) is 0.452. The lowest BCUT2D eigenvalue weighted by atomic mass is 10.1. The van der Waals surface area contributed by atoms with E-state index in [-0.39, 0.29) is 12.1 Å². The molecule has 0 spiro atoms. The Kier molecular flexibility index (Phi) is 3.49. The third-order valence-electron chi connectivity index (χ3n) is 1.97. The highest BCUT2D eigenvalue weighted by Crippen LogP contribution is 2.33. The third kappa shape index (κ3) is 2.80. The summed E-state index contributed by atoms with van der Waals surface area (Å²) in [5, 5.41) is 30.0. The lowest BCUT2D eigenvalue weighted by Gasteiger charge is -2.02. The minimum absolute atomic E-state index is 0.208. The Morgan fingerprint density at radius 2 is 1.68 bits per heavy atom. The van der Waals surface area contributed by atoms with Crippen molar-refractivity contribution in [3.63, 3.8) is 0 Å². The zero-order valence-electron chi connectivity index (χ0n) is 8.71. The molecule has 0 aliphatic heterocycles. The van der Waals surface area contributed by atoms with Crippen molar-refractivity contribution in [2.45, 2.75) is 4.90 Å². The van der Waals surface area contributed by atoms with Gasteiger partial charge in [0.25, 0.3) is 10.1 Å². The van der Waals surface area contributed by atoms with Crippen LogP contribution in [0.15, 0.2) is 17.0 Å². The highest BCUT2D eigenvalue weighted by atomic mass is 32.2. The molecule has 0 saturated heterocycles. The molecule has 1 rings (SSSR count). The van der Waals surface area contributed by atoms with Crippen molar-refractivity contribution in [1.29, 1.82) is 0 Å². The van der Waals surface area contributed by atoms with E-state index in [9.17, 15) is 33.4 Å². The van der Waals surface area contributed by atoms with E-state index in [1.807, 2.05) is 0 Å². The van der Waals surface area contributed by atoms with Crippen LogP contribution in [-0.2, 0) is 10.1 Å². The van der Waals surface area contributed by atoms with Gasteiger partial charge in [-0.05, 0) is 6.07 Å². The second kappa shape index (κ2) is 4.58. The van der Waals surface area contributed by atoms with Gasteiger partial charge in [0.15, 0.2) is 0 Å². The molecule has 0 bridgehead atoms. The average molecular weight is 292 g/mol. The van der Waals surface area contributed by atoms with Crippen LogP contribution in [0.1, 0.15) is 10.4 Å². The predicted octanol–water partition coefficient (Wildman–Crippen LogP) is 0.448. The summed E-state index contributed by atoms with van der Waals surface area (Å²) >= 11 is 0. The number of rotatable bonds is 4. The first-order valence-electron chi connectivity index (χ1n) is 4.23. The van der Waals surface area contributed by atoms with Gasteiger partial charge < -0.3 is 5.11 Å². The number of nitro groups is 2. The normalized spacial score (nSPS) is 11.0. The van der Waals surface area contributed by atoms with E-state index >= 15 is 0 Å². The van der Waals surface area contributed by atoms with Crippen LogP contribution in [0.3, 0.4) is 0 Å². The van der Waals surface area contributed by atoms with Crippen molar-refractivity contribution in [2.24, 2.45) is 0 Å². The number of hydrogen-bond donors (Lipinski definition) is 2. The fourth-order valence-corrected chi connectivity index (χ4v) is 1.76. The van der Waals surface area contributed by atoms with Gasteiger partial charge in [-0.2, -0.15) is 8.42 Å². The Balaban J connectivity index is 3.89. The molecule has 0 radical (unpaired) electrons. The van der Waals surface area contributed by atoms with Gasteiger partial charge in [0.1, 0.15) is 10.5 Å².